The maximum absolute atomic E-state index is 13.0. The van der Waals surface area contributed by atoms with Crippen molar-refractivity contribution in [1.82, 2.24) is 19.7 Å². The van der Waals surface area contributed by atoms with Crippen LogP contribution in [0.25, 0.3) is 17.1 Å². The first-order valence-corrected chi connectivity index (χ1v) is 10.0. The van der Waals surface area contributed by atoms with E-state index in [9.17, 15) is 4.79 Å². The molecule has 0 radical (unpaired) electrons. The molecule has 6 nitrogen and oxygen atoms in total. The minimum Gasteiger partial charge on any atom is -0.322 e. The van der Waals surface area contributed by atoms with Crippen molar-refractivity contribution in [1.29, 1.82) is 0 Å². The molecule has 2 heterocycles. The first-order chi connectivity index (χ1) is 14.7. The number of nitrogens with zero attached hydrogens (tertiary/aromatic N) is 4. The first-order valence-electron chi connectivity index (χ1n) is 10.0. The lowest BCUT2D eigenvalue weighted by molar-refractivity contribution is 0.102. The predicted octanol–water partition coefficient (Wildman–Crippen LogP) is 4.77. The van der Waals surface area contributed by atoms with Crippen molar-refractivity contribution in [2.45, 2.75) is 25.7 Å². The highest BCUT2D eigenvalue weighted by atomic mass is 16.1. The van der Waals surface area contributed by atoms with E-state index >= 15 is 0 Å². The molecule has 148 valence electrons. The van der Waals surface area contributed by atoms with Crippen LogP contribution in [0.5, 0.6) is 0 Å². The lowest BCUT2D eigenvalue weighted by Gasteiger charge is -2.10. The van der Waals surface area contributed by atoms with Gasteiger partial charge in [0.25, 0.3) is 5.91 Å². The molecule has 1 saturated carbocycles. The lowest BCUT2D eigenvalue weighted by atomic mass is 10.1. The van der Waals surface area contributed by atoms with Gasteiger partial charge in [0.1, 0.15) is 0 Å². The Morgan fingerprint density at radius 3 is 2.50 bits per heavy atom. The fourth-order valence-corrected chi connectivity index (χ4v) is 3.55. The molecule has 2 aromatic heterocycles. The van der Waals surface area contributed by atoms with Gasteiger partial charge in [0.2, 0.25) is 0 Å². The summed E-state index contributed by atoms with van der Waals surface area (Å²) in [4.78, 5) is 21.8. The number of nitrogens with one attached hydrogen (secondary N) is 1. The van der Waals surface area contributed by atoms with Gasteiger partial charge in [-0.1, -0.05) is 18.2 Å². The second kappa shape index (κ2) is 7.55. The highest BCUT2D eigenvalue weighted by Crippen LogP contribution is 2.42. The van der Waals surface area contributed by atoms with Crippen LogP contribution in [0.2, 0.25) is 0 Å². The molecule has 0 unspecified atom stereocenters. The zero-order valence-corrected chi connectivity index (χ0v) is 16.6. The van der Waals surface area contributed by atoms with Gasteiger partial charge in [0, 0.05) is 29.1 Å². The third-order valence-electron chi connectivity index (χ3n) is 5.21. The Bertz CT molecular complexity index is 1190. The van der Waals surface area contributed by atoms with Crippen LogP contribution in [0, 0.1) is 6.92 Å². The number of aryl methyl sites for hydroxylation is 1. The highest BCUT2D eigenvalue weighted by molar-refractivity contribution is 6.05. The Balaban J connectivity index is 1.39. The van der Waals surface area contributed by atoms with Gasteiger partial charge in [-0.25, -0.2) is 14.6 Å². The van der Waals surface area contributed by atoms with E-state index in [1.807, 2.05) is 72.3 Å². The maximum atomic E-state index is 13.0. The minimum absolute atomic E-state index is 0.140. The molecule has 6 heteroatoms. The molecule has 0 bridgehead atoms. The second-order valence-electron chi connectivity index (χ2n) is 7.52. The van der Waals surface area contributed by atoms with E-state index in [4.69, 9.17) is 0 Å². The molecule has 1 aliphatic rings. The van der Waals surface area contributed by atoms with E-state index < -0.39 is 0 Å². The normalized spacial score (nSPS) is 13.2. The van der Waals surface area contributed by atoms with E-state index in [1.165, 1.54) is 0 Å². The number of hydrogen-bond acceptors (Lipinski definition) is 4. The molecule has 1 aliphatic carbocycles. The smallest absolute Gasteiger partial charge is 0.259 e. The fraction of sp³-hybridized carbons (Fsp3) is 0.167. The van der Waals surface area contributed by atoms with Crippen LogP contribution < -0.4 is 5.32 Å². The Morgan fingerprint density at radius 1 is 1.03 bits per heavy atom. The Morgan fingerprint density at radius 2 is 1.80 bits per heavy atom. The summed E-state index contributed by atoms with van der Waals surface area (Å²) in [5.41, 5.74) is 5.15. The van der Waals surface area contributed by atoms with E-state index in [-0.39, 0.29) is 5.91 Å². The van der Waals surface area contributed by atoms with Gasteiger partial charge in [-0.05, 0) is 62.2 Å². The standard InChI is InChI=1S/C24H21N5O/c1-16-13-14-25-23(27-16)18-9-11-19(12-10-18)28-24(30)21-15-26-29(22(21)17-7-8-17)20-5-3-2-4-6-20/h2-6,9-15,17H,7-8H2,1H3,(H,28,30). The topological polar surface area (TPSA) is 72.7 Å². The van der Waals surface area contributed by atoms with Crippen LogP contribution in [-0.4, -0.2) is 25.7 Å². The molecular formula is C24H21N5O. The summed E-state index contributed by atoms with van der Waals surface area (Å²) in [5, 5.41) is 7.51. The number of carbonyl (C=O) groups is 1. The Kier molecular flexibility index (Phi) is 4.59. The monoisotopic (exact) mass is 395 g/mol. The number of para-hydroxylation sites is 1. The van der Waals surface area contributed by atoms with E-state index in [2.05, 4.69) is 20.4 Å². The zero-order valence-electron chi connectivity index (χ0n) is 16.6. The number of anilines is 1. The number of rotatable bonds is 5. The van der Waals surface area contributed by atoms with Crippen LogP contribution in [0.3, 0.4) is 0 Å². The summed E-state index contributed by atoms with van der Waals surface area (Å²) < 4.78 is 1.89. The number of aromatic nitrogens is 4. The maximum Gasteiger partial charge on any atom is 0.259 e. The SMILES string of the molecule is Cc1ccnc(-c2ccc(NC(=O)c3cnn(-c4ccccc4)c3C3CC3)cc2)n1. The summed E-state index contributed by atoms with van der Waals surface area (Å²) in [6.45, 7) is 1.94. The highest BCUT2D eigenvalue weighted by Gasteiger charge is 2.32. The van der Waals surface area contributed by atoms with Gasteiger partial charge < -0.3 is 5.32 Å². The van der Waals surface area contributed by atoms with Crippen molar-refractivity contribution in [3.8, 4) is 17.1 Å². The van der Waals surface area contributed by atoms with Crippen molar-refractivity contribution in [3.05, 3.63) is 90.0 Å². The van der Waals surface area contributed by atoms with Crippen LogP contribution in [0.15, 0.2) is 73.1 Å². The molecule has 4 aromatic rings. The van der Waals surface area contributed by atoms with Crippen LogP contribution in [0.1, 0.15) is 40.5 Å². The van der Waals surface area contributed by atoms with Crippen molar-refractivity contribution < 1.29 is 4.79 Å². The first kappa shape index (κ1) is 18.2. The molecule has 1 N–H and O–H groups in total. The molecule has 0 aliphatic heterocycles. The fourth-order valence-electron chi connectivity index (χ4n) is 3.55. The summed E-state index contributed by atoms with van der Waals surface area (Å²) in [5.74, 6) is 0.918. The zero-order chi connectivity index (χ0) is 20.5. The van der Waals surface area contributed by atoms with Crippen molar-refractivity contribution in [3.63, 3.8) is 0 Å². The lowest BCUT2D eigenvalue weighted by Crippen LogP contribution is -2.14. The number of amides is 1. The summed E-state index contributed by atoms with van der Waals surface area (Å²) in [6.07, 6.45) is 5.59. The molecule has 30 heavy (non-hydrogen) atoms. The Labute approximate surface area is 174 Å². The average Bonchev–Trinajstić information content (AvgIpc) is 3.52. The molecule has 5 rings (SSSR count). The minimum atomic E-state index is -0.140. The second-order valence-corrected chi connectivity index (χ2v) is 7.52. The molecular weight excluding hydrogens is 374 g/mol. The summed E-state index contributed by atoms with van der Waals surface area (Å²) in [7, 11) is 0. The van der Waals surface area contributed by atoms with Crippen molar-refractivity contribution in [2.24, 2.45) is 0 Å². The van der Waals surface area contributed by atoms with Crippen LogP contribution in [0.4, 0.5) is 5.69 Å². The average molecular weight is 395 g/mol. The van der Waals surface area contributed by atoms with Gasteiger partial charge in [-0.3, -0.25) is 4.79 Å². The number of benzene rings is 2. The Hall–Kier alpha value is -3.80. The number of hydrogen-bond donors (Lipinski definition) is 1. The van der Waals surface area contributed by atoms with Crippen molar-refractivity contribution in [2.75, 3.05) is 5.32 Å². The van der Waals surface area contributed by atoms with E-state index in [0.717, 1.165) is 41.2 Å². The third-order valence-corrected chi connectivity index (χ3v) is 5.21. The van der Waals surface area contributed by atoms with E-state index in [0.29, 0.717) is 17.3 Å². The molecule has 0 atom stereocenters. The van der Waals surface area contributed by atoms with Crippen LogP contribution >= 0.6 is 0 Å². The predicted molar refractivity (Wildman–Crippen MR) is 116 cm³/mol. The quantitative estimate of drug-likeness (QED) is 0.528. The van der Waals surface area contributed by atoms with Gasteiger partial charge in [-0.2, -0.15) is 5.10 Å². The van der Waals surface area contributed by atoms with Gasteiger partial charge in [-0.15, -0.1) is 0 Å². The molecule has 1 amide bonds. The van der Waals surface area contributed by atoms with Gasteiger partial charge >= 0.3 is 0 Å². The van der Waals surface area contributed by atoms with Gasteiger partial charge in [0.05, 0.1) is 23.1 Å². The molecule has 0 saturated heterocycles. The molecule has 1 fully saturated rings. The molecule has 2 aromatic carbocycles. The summed E-state index contributed by atoms with van der Waals surface area (Å²) >= 11 is 0. The van der Waals surface area contributed by atoms with Crippen LogP contribution in [-0.2, 0) is 0 Å². The summed E-state index contributed by atoms with van der Waals surface area (Å²) in [6, 6.07) is 19.4. The number of carbonyl (C=O) groups excluding carboxylic acids is 1. The largest absolute Gasteiger partial charge is 0.322 e. The van der Waals surface area contributed by atoms with Crippen molar-refractivity contribution >= 4 is 11.6 Å². The van der Waals surface area contributed by atoms with E-state index in [1.54, 1.807) is 12.4 Å². The van der Waals surface area contributed by atoms with Gasteiger partial charge in [0.15, 0.2) is 5.82 Å². The molecule has 0 spiro atoms. The third kappa shape index (κ3) is 3.59.